The predicted octanol–water partition coefficient (Wildman–Crippen LogP) is 7.36. The summed E-state index contributed by atoms with van der Waals surface area (Å²) in [5.74, 6) is 0. The zero-order valence-electron chi connectivity index (χ0n) is 21.7. The molecule has 0 spiro atoms. The van der Waals surface area contributed by atoms with E-state index < -0.39 is 7.36 Å². The van der Waals surface area contributed by atoms with Gasteiger partial charge in [0.25, 0.3) is 5.69 Å². The molecule has 0 radical (unpaired) electrons. The highest BCUT2D eigenvalue weighted by molar-refractivity contribution is 7.71. The number of nitrogens with zero attached hydrogens (tertiary/aromatic N) is 6. The Balaban J connectivity index is 1.71. The summed E-state index contributed by atoms with van der Waals surface area (Å²) in [4.78, 5) is 14.4. The Kier molecular flexibility index (Phi) is 6.20. The summed E-state index contributed by atoms with van der Waals surface area (Å²) < 4.78 is 10.2. The summed E-state index contributed by atoms with van der Waals surface area (Å²) in [6.45, 7) is 8.62. The first kappa shape index (κ1) is 24.4. The molecule has 1 aliphatic carbocycles. The van der Waals surface area contributed by atoms with Crippen molar-refractivity contribution < 1.29 is 4.92 Å². The van der Waals surface area contributed by atoms with E-state index in [1.54, 1.807) is 18.2 Å². The van der Waals surface area contributed by atoms with Crippen molar-refractivity contribution in [3.8, 4) is 0 Å². The zero-order chi connectivity index (χ0) is 25.6. The average molecular weight is 519 g/mol. The van der Waals surface area contributed by atoms with E-state index in [1.165, 1.54) is 23.9 Å². The maximum absolute atomic E-state index is 12.1. The smallest absolute Gasteiger partial charge is 0.294 e. The standard InChI is InChI=1S/C28H35N6O2P/c1-28(2)20-24-27(26(21-28)31-16-8-9-17-31)37(32-18-10-11-19-32,33(29-24)22-12-4-3-5-13-22)30-23-14-6-7-15-25(23)34(35)36/h3-7,12-15H,8-11,16-21H2,1-2H3/t37-/m0/s1. The lowest BCUT2D eigenvalue weighted by Crippen LogP contribution is -2.34. The van der Waals surface area contributed by atoms with Crippen LogP contribution in [0.15, 0.2) is 75.5 Å². The number of nitro groups is 1. The van der Waals surface area contributed by atoms with E-state index >= 15 is 0 Å². The summed E-state index contributed by atoms with van der Waals surface area (Å²) in [5, 5.41) is 18.7. The molecule has 194 valence electrons. The quantitative estimate of drug-likeness (QED) is 0.235. The second-order valence-corrected chi connectivity index (χ2v) is 14.0. The van der Waals surface area contributed by atoms with Crippen molar-refractivity contribution in [3.63, 3.8) is 0 Å². The van der Waals surface area contributed by atoms with Crippen LogP contribution in [0.5, 0.6) is 0 Å². The van der Waals surface area contributed by atoms with Crippen LogP contribution in [0, 0.1) is 15.5 Å². The minimum Gasteiger partial charge on any atom is -0.374 e. The Bertz CT molecular complexity index is 1320. The number of hydrazone groups is 1. The van der Waals surface area contributed by atoms with Crippen LogP contribution in [0.1, 0.15) is 52.4 Å². The minimum absolute atomic E-state index is 0.0574. The fourth-order valence-electron chi connectivity index (χ4n) is 6.28. The highest BCUT2D eigenvalue weighted by Crippen LogP contribution is 2.73. The zero-order valence-corrected chi connectivity index (χ0v) is 22.6. The summed E-state index contributed by atoms with van der Waals surface area (Å²) in [6.07, 6.45) is 6.45. The SMILES string of the molecule is CC1(C)CC2=NN(c3ccccc3)[P@@](=Nc3ccccc3[N+](=O)[O-])(N3CCCC3)C2=C(N2CCCC2)C1. The molecule has 2 fully saturated rings. The van der Waals surface area contributed by atoms with Crippen molar-refractivity contribution in [1.29, 1.82) is 0 Å². The van der Waals surface area contributed by atoms with Crippen LogP contribution < -0.4 is 4.78 Å². The molecule has 2 aromatic carbocycles. The maximum atomic E-state index is 12.1. The van der Waals surface area contributed by atoms with Crippen molar-refractivity contribution in [2.75, 3.05) is 31.0 Å². The molecule has 0 aromatic heterocycles. The monoisotopic (exact) mass is 518 g/mol. The number of fused-ring (bicyclic) bond motifs is 1. The lowest BCUT2D eigenvalue weighted by molar-refractivity contribution is -0.384. The molecule has 3 aliphatic heterocycles. The van der Waals surface area contributed by atoms with Crippen molar-refractivity contribution in [2.24, 2.45) is 15.3 Å². The highest BCUT2D eigenvalue weighted by atomic mass is 31.2. The molecule has 2 saturated heterocycles. The van der Waals surface area contributed by atoms with E-state index in [4.69, 9.17) is 9.85 Å². The fraction of sp³-hybridized carbons (Fsp3) is 0.464. The average Bonchev–Trinajstić information content (AvgIpc) is 3.65. The number of likely N-dealkylation sites (tertiary alicyclic amines) is 1. The highest BCUT2D eigenvalue weighted by Gasteiger charge is 2.52. The Hall–Kier alpha value is -2.96. The van der Waals surface area contributed by atoms with E-state index in [2.05, 4.69) is 40.3 Å². The van der Waals surface area contributed by atoms with E-state index in [1.807, 2.05) is 24.3 Å². The summed E-state index contributed by atoms with van der Waals surface area (Å²) in [6, 6.07) is 17.3. The van der Waals surface area contributed by atoms with Gasteiger partial charge >= 0.3 is 0 Å². The third kappa shape index (κ3) is 4.20. The topological polar surface area (TPSA) is 77.6 Å². The number of para-hydroxylation sites is 2. The first-order chi connectivity index (χ1) is 17.9. The molecule has 0 bridgehead atoms. The molecule has 3 heterocycles. The van der Waals surface area contributed by atoms with Gasteiger partial charge in [-0.25, -0.2) is 14.2 Å². The second kappa shape index (κ2) is 9.41. The summed E-state index contributed by atoms with van der Waals surface area (Å²) >= 11 is 0. The molecular weight excluding hydrogens is 483 g/mol. The molecule has 6 rings (SSSR count). The number of allylic oxidation sites excluding steroid dienone is 2. The first-order valence-electron chi connectivity index (χ1n) is 13.4. The van der Waals surface area contributed by atoms with Crippen LogP contribution in [-0.2, 0) is 0 Å². The number of rotatable bonds is 5. The van der Waals surface area contributed by atoms with Crippen LogP contribution in [0.2, 0.25) is 0 Å². The van der Waals surface area contributed by atoms with Crippen LogP contribution in [-0.4, -0.2) is 46.4 Å². The molecule has 9 heteroatoms. The Morgan fingerprint density at radius 3 is 2.27 bits per heavy atom. The van der Waals surface area contributed by atoms with Gasteiger partial charge in [-0.1, -0.05) is 44.2 Å². The number of hydrogen-bond donors (Lipinski definition) is 0. The van der Waals surface area contributed by atoms with Gasteiger partial charge in [-0.15, -0.1) is 0 Å². The van der Waals surface area contributed by atoms with Crippen LogP contribution in [0.3, 0.4) is 0 Å². The van der Waals surface area contributed by atoms with Gasteiger partial charge in [-0.3, -0.25) is 10.1 Å². The van der Waals surface area contributed by atoms with E-state index in [-0.39, 0.29) is 16.0 Å². The molecule has 0 unspecified atom stereocenters. The van der Waals surface area contributed by atoms with E-state index in [0.717, 1.165) is 63.3 Å². The number of hydrogen-bond acceptors (Lipinski definition) is 5. The van der Waals surface area contributed by atoms with Gasteiger partial charge < -0.3 is 4.90 Å². The van der Waals surface area contributed by atoms with Gasteiger partial charge in [0.2, 0.25) is 0 Å². The Morgan fingerprint density at radius 2 is 1.57 bits per heavy atom. The number of nitro benzene ring substituents is 1. The van der Waals surface area contributed by atoms with Crippen molar-refractivity contribution in [3.05, 3.63) is 75.7 Å². The van der Waals surface area contributed by atoms with Gasteiger partial charge in [0.1, 0.15) is 5.69 Å². The maximum Gasteiger partial charge on any atom is 0.294 e. The summed E-state index contributed by atoms with van der Waals surface area (Å²) in [5.41, 5.74) is 4.08. The normalized spacial score (nSPS) is 25.4. The van der Waals surface area contributed by atoms with Crippen molar-refractivity contribution >= 4 is 30.1 Å². The molecule has 0 N–H and O–H groups in total. The molecule has 0 saturated carbocycles. The largest absolute Gasteiger partial charge is 0.374 e. The van der Waals surface area contributed by atoms with Gasteiger partial charge in [0, 0.05) is 37.9 Å². The molecule has 1 atom stereocenters. The second-order valence-electron chi connectivity index (χ2n) is 11.3. The number of anilines is 1. The molecule has 8 nitrogen and oxygen atoms in total. The molecule has 37 heavy (non-hydrogen) atoms. The van der Waals surface area contributed by atoms with E-state index in [9.17, 15) is 10.1 Å². The summed E-state index contributed by atoms with van der Waals surface area (Å²) in [7, 11) is -2.69. The number of benzene rings is 2. The molecule has 4 aliphatic rings. The third-order valence-corrected chi connectivity index (χ3v) is 11.5. The third-order valence-electron chi connectivity index (χ3n) is 7.90. The van der Waals surface area contributed by atoms with Crippen LogP contribution in [0.4, 0.5) is 17.1 Å². The van der Waals surface area contributed by atoms with Gasteiger partial charge in [0.05, 0.1) is 21.6 Å². The van der Waals surface area contributed by atoms with Gasteiger partial charge in [-0.2, -0.15) is 5.10 Å². The lowest BCUT2D eigenvalue weighted by atomic mass is 9.78. The lowest BCUT2D eigenvalue weighted by Gasteiger charge is -2.42. The van der Waals surface area contributed by atoms with Gasteiger partial charge in [-0.05, 0) is 62.1 Å². The van der Waals surface area contributed by atoms with E-state index in [0.29, 0.717) is 5.69 Å². The molecule has 0 amide bonds. The minimum atomic E-state index is -2.69. The van der Waals surface area contributed by atoms with Gasteiger partial charge in [0.15, 0.2) is 7.36 Å². The van der Waals surface area contributed by atoms with Crippen LogP contribution >= 0.6 is 7.36 Å². The fourth-order valence-corrected chi connectivity index (χ4v) is 10.3. The Morgan fingerprint density at radius 1 is 0.919 bits per heavy atom. The van der Waals surface area contributed by atoms with Crippen LogP contribution in [0.25, 0.3) is 0 Å². The first-order valence-corrected chi connectivity index (χ1v) is 15.1. The Labute approximate surface area is 219 Å². The molecular formula is C28H35N6O2P. The molecule has 2 aromatic rings. The van der Waals surface area contributed by atoms with Crippen molar-refractivity contribution in [2.45, 2.75) is 52.4 Å². The van der Waals surface area contributed by atoms with Crippen molar-refractivity contribution in [1.82, 2.24) is 9.57 Å². The predicted molar refractivity (Wildman–Crippen MR) is 150 cm³/mol.